The minimum Gasteiger partial charge on any atom is -0.484 e. The summed E-state index contributed by atoms with van der Waals surface area (Å²) in [5, 5.41) is 5.85. The van der Waals surface area contributed by atoms with Crippen LogP contribution in [0.2, 0.25) is 0 Å². The fourth-order valence-electron chi connectivity index (χ4n) is 3.35. The van der Waals surface area contributed by atoms with E-state index in [1.54, 1.807) is 12.3 Å². The van der Waals surface area contributed by atoms with E-state index < -0.39 is 0 Å². The van der Waals surface area contributed by atoms with E-state index in [2.05, 4.69) is 20.2 Å². The van der Waals surface area contributed by atoms with Gasteiger partial charge >= 0.3 is 0 Å². The van der Waals surface area contributed by atoms with Gasteiger partial charge in [-0.1, -0.05) is 0 Å². The van der Waals surface area contributed by atoms with Crippen molar-refractivity contribution in [2.75, 3.05) is 11.9 Å². The van der Waals surface area contributed by atoms with Gasteiger partial charge in [-0.25, -0.2) is 4.98 Å². The number of benzene rings is 1. The summed E-state index contributed by atoms with van der Waals surface area (Å²) in [4.78, 5) is 27.8. The number of nitrogens with one attached hydrogen (secondary N) is 2. The third-order valence-corrected chi connectivity index (χ3v) is 4.64. The Morgan fingerprint density at radius 2 is 2.28 bits per heavy atom. The first kappa shape index (κ1) is 15.7. The average Bonchev–Trinajstić information content (AvgIpc) is 3.07. The molecule has 0 saturated carbocycles. The molecule has 1 aromatic carbocycles. The van der Waals surface area contributed by atoms with Gasteiger partial charge in [0.25, 0.3) is 5.91 Å². The van der Waals surface area contributed by atoms with Crippen LogP contribution in [0.4, 0.5) is 5.69 Å². The summed E-state index contributed by atoms with van der Waals surface area (Å²) >= 11 is 0. The first-order chi connectivity index (χ1) is 12.2. The number of hydrogen-bond acceptors (Lipinski definition) is 4. The fourth-order valence-corrected chi connectivity index (χ4v) is 3.35. The molecule has 0 saturated heterocycles. The third kappa shape index (κ3) is 3.50. The van der Waals surface area contributed by atoms with Gasteiger partial charge in [-0.2, -0.15) is 0 Å². The fraction of sp³-hybridized carbons (Fsp3) is 0.389. The number of fused-ring (bicyclic) bond motifs is 2. The zero-order chi connectivity index (χ0) is 17.2. The third-order valence-electron chi connectivity index (χ3n) is 4.64. The molecule has 1 aromatic heterocycles. The largest absolute Gasteiger partial charge is 0.484 e. The van der Waals surface area contributed by atoms with Gasteiger partial charge in [-0.3, -0.25) is 9.59 Å². The molecular weight excluding hydrogens is 320 g/mol. The minimum atomic E-state index is -0.125. The van der Waals surface area contributed by atoms with E-state index in [9.17, 15) is 9.59 Å². The molecule has 7 nitrogen and oxygen atoms in total. The molecule has 0 radical (unpaired) electrons. The molecule has 0 aliphatic carbocycles. The van der Waals surface area contributed by atoms with Gasteiger partial charge in [0.2, 0.25) is 5.91 Å². The number of rotatable bonds is 4. The SMILES string of the molecule is O=C1CCc2cc(OCC(=O)N[C@@H]3CCc4nccn4C3)ccc2N1. The van der Waals surface area contributed by atoms with Crippen molar-refractivity contribution in [3.8, 4) is 5.75 Å². The Balaban J connectivity index is 1.30. The highest BCUT2D eigenvalue weighted by atomic mass is 16.5. The molecule has 7 heteroatoms. The van der Waals surface area contributed by atoms with Crippen molar-refractivity contribution in [3.63, 3.8) is 0 Å². The van der Waals surface area contributed by atoms with Crippen LogP contribution in [-0.4, -0.2) is 34.0 Å². The summed E-state index contributed by atoms with van der Waals surface area (Å²) < 4.78 is 7.69. The van der Waals surface area contributed by atoms with Crippen LogP contribution >= 0.6 is 0 Å². The normalized spacial score (nSPS) is 18.7. The lowest BCUT2D eigenvalue weighted by Gasteiger charge is -2.24. The van der Waals surface area contributed by atoms with Gasteiger partial charge in [0, 0.05) is 43.5 Å². The summed E-state index contributed by atoms with van der Waals surface area (Å²) in [7, 11) is 0. The number of aromatic nitrogens is 2. The van der Waals surface area contributed by atoms with E-state index in [1.807, 2.05) is 18.3 Å². The number of carbonyl (C=O) groups excluding carboxylic acids is 2. The standard InChI is InChI=1S/C18H20N4O3/c23-17-6-1-12-9-14(3-4-15(12)21-17)25-11-18(24)20-13-2-5-16-19-7-8-22(16)10-13/h3-4,7-9,13H,1-2,5-6,10-11H2,(H,20,24)(H,21,23)/t13-/m1/s1. The molecule has 0 bridgehead atoms. The maximum atomic E-state index is 12.1. The average molecular weight is 340 g/mol. The summed E-state index contributed by atoms with van der Waals surface area (Å²) in [6, 6.07) is 5.59. The van der Waals surface area contributed by atoms with Gasteiger partial charge in [-0.05, 0) is 36.6 Å². The van der Waals surface area contributed by atoms with E-state index in [-0.39, 0.29) is 24.5 Å². The molecule has 130 valence electrons. The molecule has 3 heterocycles. The van der Waals surface area contributed by atoms with Crippen LogP contribution < -0.4 is 15.4 Å². The monoisotopic (exact) mass is 340 g/mol. The highest BCUT2D eigenvalue weighted by Crippen LogP contribution is 2.26. The predicted molar refractivity (Wildman–Crippen MR) is 91.4 cm³/mol. The highest BCUT2D eigenvalue weighted by molar-refractivity contribution is 5.94. The lowest BCUT2D eigenvalue weighted by molar-refractivity contribution is -0.124. The molecule has 2 aliphatic rings. The van der Waals surface area contributed by atoms with E-state index in [0.29, 0.717) is 18.6 Å². The van der Waals surface area contributed by atoms with Crippen LogP contribution in [0.5, 0.6) is 5.75 Å². The maximum absolute atomic E-state index is 12.1. The van der Waals surface area contributed by atoms with Crippen molar-refractivity contribution in [1.29, 1.82) is 0 Å². The Bertz CT molecular complexity index is 814. The molecule has 0 unspecified atom stereocenters. The molecule has 0 spiro atoms. The van der Waals surface area contributed by atoms with Crippen LogP contribution in [0.15, 0.2) is 30.6 Å². The molecule has 2 N–H and O–H groups in total. The van der Waals surface area contributed by atoms with Crippen molar-refractivity contribution < 1.29 is 14.3 Å². The highest BCUT2D eigenvalue weighted by Gasteiger charge is 2.20. The van der Waals surface area contributed by atoms with Crippen molar-refractivity contribution >= 4 is 17.5 Å². The van der Waals surface area contributed by atoms with E-state index in [1.165, 1.54) is 0 Å². The van der Waals surface area contributed by atoms with Gasteiger partial charge in [-0.15, -0.1) is 0 Å². The topological polar surface area (TPSA) is 85.2 Å². The Kier molecular flexibility index (Phi) is 4.13. The summed E-state index contributed by atoms with van der Waals surface area (Å²) in [6.45, 7) is 0.734. The van der Waals surface area contributed by atoms with Crippen molar-refractivity contribution in [3.05, 3.63) is 42.0 Å². The number of carbonyl (C=O) groups is 2. The van der Waals surface area contributed by atoms with Crippen molar-refractivity contribution in [2.45, 2.75) is 38.3 Å². The van der Waals surface area contributed by atoms with Crippen LogP contribution in [0.1, 0.15) is 24.2 Å². The lowest BCUT2D eigenvalue weighted by atomic mass is 10.0. The van der Waals surface area contributed by atoms with Crippen LogP contribution in [0.25, 0.3) is 0 Å². The van der Waals surface area contributed by atoms with Gasteiger partial charge in [0.15, 0.2) is 6.61 Å². The number of ether oxygens (including phenoxy) is 1. The second kappa shape index (κ2) is 6.58. The second-order valence-corrected chi connectivity index (χ2v) is 6.45. The summed E-state index contributed by atoms with van der Waals surface area (Å²) in [5.74, 6) is 1.63. The quantitative estimate of drug-likeness (QED) is 0.878. The summed E-state index contributed by atoms with van der Waals surface area (Å²) in [6.07, 6.45) is 6.67. The van der Waals surface area contributed by atoms with Gasteiger partial charge in [0.1, 0.15) is 11.6 Å². The number of anilines is 1. The maximum Gasteiger partial charge on any atom is 0.258 e. The molecule has 4 rings (SSSR count). The van der Waals surface area contributed by atoms with E-state index in [0.717, 1.165) is 36.5 Å². The van der Waals surface area contributed by atoms with Crippen molar-refractivity contribution in [1.82, 2.24) is 14.9 Å². The Morgan fingerprint density at radius 1 is 1.36 bits per heavy atom. The lowest BCUT2D eigenvalue weighted by Crippen LogP contribution is -2.42. The van der Waals surface area contributed by atoms with E-state index >= 15 is 0 Å². The zero-order valence-corrected chi connectivity index (χ0v) is 13.8. The number of nitrogens with zero attached hydrogens (tertiary/aromatic N) is 2. The first-order valence-corrected chi connectivity index (χ1v) is 8.52. The Labute approximate surface area is 145 Å². The van der Waals surface area contributed by atoms with E-state index in [4.69, 9.17) is 4.74 Å². The number of imidazole rings is 1. The van der Waals surface area contributed by atoms with Crippen LogP contribution in [0, 0.1) is 0 Å². The van der Waals surface area contributed by atoms with Crippen molar-refractivity contribution in [2.24, 2.45) is 0 Å². The minimum absolute atomic E-state index is 0.0154. The molecular formula is C18H20N4O3. The second-order valence-electron chi connectivity index (χ2n) is 6.45. The molecule has 0 fully saturated rings. The van der Waals surface area contributed by atoms with Crippen LogP contribution in [0.3, 0.4) is 0 Å². The molecule has 1 atom stereocenters. The predicted octanol–water partition coefficient (Wildman–Crippen LogP) is 1.28. The molecule has 2 aromatic rings. The summed E-state index contributed by atoms with van der Waals surface area (Å²) in [5.41, 5.74) is 1.86. The molecule has 2 amide bonds. The van der Waals surface area contributed by atoms with Crippen LogP contribution in [-0.2, 0) is 29.0 Å². The zero-order valence-electron chi connectivity index (χ0n) is 13.8. The van der Waals surface area contributed by atoms with Gasteiger partial charge in [0.05, 0.1) is 0 Å². The number of amides is 2. The Hall–Kier alpha value is -2.83. The molecule has 2 aliphatic heterocycles. The number of aryl methyl sites for hydroxylation is 2. The molecule has 25 heavy (non-hydrogen) atoms. The Morgan fingerprint density at radius 3 is 3.20 bits per heavy atom. The first-order valence-electron chi connectivity index (χ1n) is 8.52. The number of hydrogen-bond donors (Lipinski definition) is 2. The smallest absolute Gasteiger partial charge is 0.258 e. The van der Waals surface area contributed by atoms with Gasteiger partial charge < -0.3 is 19.9 Å².